The van der Waals surface area contributed by atoms with E-state index in [1.165, 1.54) is 62.9 Å². The predicted octanol–water partition coefficient (Wildman–Crippen LogP) is 0.680. The van der Waals surface area contributed by atoms with Crippen LogP contribution in [0.5, 0.6) is 5.88 Å². The molecule has 0 unspecified atom stereocenters. The highest BCUT2D eigenvalue weighted by Crippen LogP contribution is 2.28. The van der Waals surface area contributed by atoms with Gasteiger partial charge in [0.1, 0.15) is 12.4 Å². The minimum Gasteiger partial charge on any atom is -0.478 e. The Balaban J connectivity index is 1.93. The molecule has 2 aromatic rings. The summed E-state index contributed by atoms with van der Waals surface area (Å²) in [5, 5.41) is 0. The number of carbonyl (C=O) groups is 2. The van der Waals surface area contributed by atoms with Crippen molar-refractivity contribution in [3.8, 4) is 5.88 Å². The molecule has 0 aliphatic carbocycles. The molecule has 2 heterocycles. The van der Waals surface area contributed by atoms with Crippen LogP contribution in [0.25, 0.3) is 0 Å². The standard InChI is InChI=1S/C19H20N4O8S/c1-28-17-16(20-8-9-21-17)22-32(26,27)13-6-4-12(5-7-13)23-11-31-10-14(18(24)29-2)15(23)19(25)30-3/h4-9H,10-11H2,1-3H3,(H,20,22). The summed E-state index contributed by atoms with van der Waals surface area (Å²) in [6.45, 7) is -0.198. The van der Waals surface area contributed by atoms with E-state index < -0.39 is 22.0 Å². The van der Waals surface area contributed by atoms with Gasteiger partial charge in [-0.2, -0.15) is 0 Å². The lowest BCUT2D eigenvalue weighted by Crippen LogP contribution is -2.38. The number of benzene rings is 1. The summed E-state index contributed by atoms with van der Waals surface area (Å²) in [7, 11) is -0.314. The first kappa shape index (κ1) is 23.0. The number of aromatic nitrogens is 2. The minimum atomic E-state index is -4.02. The van der Waals surface area contributed by atoms with E-state index in [0.717, 1.165) is 0 Å². The van der Waals surface area contributed by atoms with Gasteiger partial charge in [-0.15, -0.1) is 0 Å². The highest BCUT2D eigenvalue weighted by Gasteiger charge is 2.32. The number of anilines is 2. The van der Waals surface area contributed by atoms with Crippen LogP contribution in [0.3, 0.4) is 0 Å². The zero-order valence-electron chi connectivity index (χ0n) is 17.4. The molecule has 0 bridgehead atoms. The second-order valence-electron chi connectivity index (χ2n) is 6.23. The molecular formula is C19H20N4O8S. The third-order valence-electron chi connectivity index (χ3n) is 4.38. The number of hydrogen-bond donors (Lipinski definition) is 1. The van der Waals surface area contributed by atoms with Crippen LogP contribution in [-0.2, 0) is 33.8 Å². The normalized spacial score (nSPS) is 14.0. The molecule has 0 fully saturated rings. The van der Waals surface area contributed by atoms with Crippen molar-refractivity contribution in [1.82, 2.24) is 9.97 Å². The van der Waals surface area contributed by atoms with Crippen molar-refractivity contribution in [2.45, 2.75) is 4.90 Å². The molecule has 3 rings (SSSR count). The second kappa shape index (κ2) is 9.62. The average molecular weight is 464 g/mol. The van der Waals surface area contributed by atoms with Crippen molar-refractivity contribution in [2.75, 3.05) is 44.3 Å². The van der Waals surface area contributed by atoms with Crippen LogP contribution in [0.1, 0.15) is 0 Å². The Morgan fingerprint density at radius 1 is 1.03 bits per heavy atom. The Hall–Kier alpha value is -3.71. The molecule has 0 saturated heterocycles. The van der Waals surface area contributed by atoms with Crippen LogP contribution in [0.15, 0.2) is 52.8 Å². The van der Waals surface area contributed by atoms with Crippen LogP contribution in [0.4, 0.5) is 11.5 Å². The van der Waals surface area contributed by atoms with Crippen molar-refractivity contribution in [3.63, 3.8) is 0 Å². The van der Waals surface area contributed by atoms with Gasteiger partial charge in [0.15, 0.2) is 0 Å². The topological polar surface area (TPSA) is 146 Å². The van der Waals surface area contributed by atoms with E-state index in [0.29, 0.717) is 5.69 Å². The molecule has 1 aromatic heterocycles. The summed E-state index contributed by atoms with van der Waals surface area (Å²) in [6, 6.07) is 5.55. The molecule has 0 radical (unpaired) electrons. The molecule has 1 N–H and O–H groups in total. The van der Waals surface area contributed by atoms with Crippen molar-refractivity contribution in [2.24, 2.45) is 0 Å². The van der Waals surface area contributed by atoms with E-state index in [-0.39, 0.29) is 41.2 Å². The predicted molar refractivity (Wildman–Crippen MR) is 110 cm³/mol. The van der Waals surface area contributed by atoms with Gasteiger partial charge in [0.05, 0.1) is 38.4 Å². The van der Waals surface area contributed by atoms with E-state index in [1.807, 2.05) is 0 Å². The lowest BCUT2D eigenvalue weighted by molar-refractivity contribution is -0.140. The van der Waals surface area contributed by atoms with E-state index >= 15 is 0 Å². The molecule has 12 nitrogen and oxygen atoms in total. The number of nitrogens with zero attached hydrogens (tertiary/aromatic N) is 3. The maximum Gasteiger partial charge on any atom is 0.355 e. The summed E-state index contributed by atoms with van der Waals surface area (Å²) in [5.41, 5.74) is 0.324. The number of carbonyl (C=O) groups excluding carboxylic acids is 2. The Morgan fingerprint density at radius 3 is 2.31 bits per heavy atom. The Labute approximate surface area is 183 Å². The van der Waals surface area contributed by atoms with Gasteiger partial charge in [-0.3, -0.25) is 4.72 Å². The second-order valence-corrected chi connectivity index (χ2v) is 7.91. The number of methoxy groups -OCH3 is 3. The Morgan fingerprint density at radius 2 is 1.69 bits per heavy atom. The van der Waals surface area contributed by atoms with Gasteiger partial charge < -0.3 is 23.8 Å². The monoisotopic (exact) mass is 464 g/mol. The molecule has 32 heavy (non-hydrogen) atoms. The third-order valence-corrected chi connectivity index (χ3v) is 5.74. The van der Waals surface area contributed by atoms with Crippen molar-refractivity contribution in [1.29, 1.82) is 0 Å². The smallest absolute Gasteiger partial charge is 0.355 e. The molecule has 0 spiro atoms. The Kier molecular flexibility index (Phi) is 6.90. The van der Waals surface area contributed by atoms with Crippen LogP contribution in [-0.4, -0.2) is 65.0 Å². The molecule has 0 amide bonds. The third kappa shape index (κ3) is 4.63. The summed E-state index contributed by atoms with van der Waals surface area (Å²) in [6.07, 6.45) is 2.68. The van der Waals surface area contributed by atoms with Gasteiger partial charge in [0.25, 0.3) is 15.9 Å². The van der Waals surface area contributed by atoms with Gasteiger partial charge in [0, 0.05) is 18.1 Å². The summed E-state index contributed by atoms with van der Waals surface area (Å²) in [4.78, 5) is 33.6. The fraction of sp³-hybridized carbons (Fsp3) is 0.263. The van der Waals surface area contributed by atoms with E-state index in [2.05, 4.69) is 14.7 Å². The molecule has 0 atom stereocenters. The molecular weight excluding hydrogens is 444 g/mol. The first-order valence-corrected chi connectivity index (χ1v) is 10.5. The molecule has 1 aliphatic rings. The van der Waals surface area contributed by atoms with Crippen molar-refractivity contribution in [3.05, 3.63) is 47.9 Å². The fourth-order valence-electron chi connectivity index (χ4n) is 2.88. The summed E-state index contributed by atoms with van der Waals surface area (Å²) in [5.74, 6) is -1.55. The lowest BCUT2D eigenvalue weighted by atomic mass is 10.1. The lowest BCUT2D eigenvalue weighted by Gasteiger charge is -2.31. The quantitative estimate of drug-likeness (QED) is 0.577. The van der Waals surface area contributed by atoms with Gasteiger partial charge in [-0.25, -0.2) is 28.0 Å². The van der Waals surface area contributed by atoms with Crippen LogP contribution >= 0.6 is 0 Å². The zero-order chi connectivity index (χ0) is 23.3. The summed E-state index contributed by atoms with van der Waals surface area (Å²) >= 11 is 0. The van der Waals surface area contributed by atoms with E-state index in [9.17, 15) is 18.0 Å². The number of ether oxygens (including phenoxy) is 4. The summed E-state index contributed by atoms with van der Waals surface area (Å²) < 4.78 is 47.7. The van der Waals surface area contributed by atoms with Crippen molar-refractivity contribution >= 4 is 33.5 Å². The fourth-order valence-corrected chi connectivity index (χ4v) is 3.89. The number of esters is 2. The molecule has 0 saturated carbocycles. The molecule has 170 valence electrons. The van der Waals surface area contributed by atoms with Gasteiger partial charge in [0.2, 0.25) is 5.82 Å². The Bertz CT molecular complexity index is 1150. The molecule has 1 aromatic carbocycles. The van der Waals surface area contributed by atoms with Crippen molar-refractivity contribution < 1.29 is 37.0 Å². The van der Waals surface area contributed by atoms with Gasteiger partial charge in [-0.1, -0.05) is 0 Å². The first-order chi connectivity index (χ1) is 15.3. The number of hydrogen-bond acceptors (Lipinski definition) is 11. The van der Waals surface area contributed by atoms with E-state index in [1.54, 1.807) is 0 Å². The maximum atomic E-state index is 12.7. The number of nitrogens with one attached hydrogen (secondary N) is 1. The minimum absolute atomic E-state index is 0.0151. The van der Waals surface area contributed by atoms with Crippen LogP contribution in [0, 0.1) is 0 Å². The highest BCUT2D eigenvalue weighted by atomic mass is 32.2. The van der Waals surface area contributed by atoms with Gasteiger partial charge >= 0.3 is 11.9 Å². The number of rotatable bonds is 7. The zero-order valence-corrected chi connectivity index (χ0v) is 18.2. The maximum absolute atomic E-state index is 12.7. The largest absolute Gasteiger partial charge is 0.478 e. The van der Waals surface area contributed by atoms with Gasteiger partial charge in [-0.05, 0) is 24.3 Å². The van der Waals surface area contributed by atoms with Crippen LogP contribution in [0.2, 0.25) is 0 Å². The highest BCUT2D eigenvalue weighted by molar-refractivity contribution is 7.92. The molecule has 1 aliphatic heterocycles. The first-order valence-electron chi connectivity index (χ1n) is 9.05. The SMILES string of the molecule is COC(=O)C1=C(C(=O)OC)N(c2ccc(S(=O)(=O)Nc3nccnc3OC)cc2)COC1. The average Bonchev–Trinajstić information content (AvgIpc) is 2.82. The molecule has 13 heteroatoms. The van der Waals surface area contributed by atoms with E-state index in [4.69, 9.17) is 18.9 Å². The number of sulfonamides is 1. The van der Waals surface area contributed by atoms with Crippen LogP contribution < -0.4 is 14.4 Å².